The molecule has 25 heavy (non-hydrogen) atoms. The van der Waals surface area contributed by atoms with E-state index in [0.29, 0.717) is 17.1 Å². The molecular formula is C20H19N3O2. The van der Waals surface area contributed by atoms with Crippen LogP contribution in [0, 0.1) is 0 Å². The SMILES string of the molecule is COc1cccc(NC(=O)c2ccc(N(C)c3ccccc3)cn2)c1. The van der Waals surface area contributed by atoms with E-state index in [-0.39, 0.29) is 5.91 Å². The average Bonchev–Trinajstić information content (AvgIpc) is 2.68. The van der Waals surface area contributed by atoms with Gasteiger partial charge in [-0.2, -0.15) is 0 Å². The highest BCUT2D eigenvalue weighted by atomic mass is 16.5. The normalized spacial score (nSPS) is 10.2. The van der Waals surface area contributed by atoms with Crippen LogP contribution in [0.2, 0.25) is 0 Å². The number of carbonyl (C=O) groups is 1. The lowest BCUT2D eigenvalue weighted by molar-refractivity contribution is 0.102. The Labute approximate surface area is 146 Å². The van der Waals surface area contributed by atoms with E-state index in [0.717, 1.165) is 11.4 Å². The maximum Gasteiger partial charge on any atom is 0.274 e. The number of nitrogens with one attached hydrogen (secondary N) is 1. The van der Waals surface area contributed by atoms with E-state index < -0.39 is 0 Å². The molecule has 0 saturated carbocycles. The van der Waals surface area contributed by atoms with Gasteiger partial charge in [-0.3, -0.25) is 4.79 Å². The first-order chi connectivity index (χ1) is 12.2. The molecule has 2 aromatic carbocycles. The maximum absolute atomic E-state index is 12.3. The number of rotatable bonds is 5. The number of anilines is 3. The van der Waals surface area contributed by atoms with Crippen molar-refractivity contribution >= 4 is 23.0 Å². The van der Waals surface area contributed by atoms with Gasteiger partial charge in [-0.1, -0.05) is 24.3 Å². The quantitative estimate of drug-likeness (QED) is 0.763. The van der Waals surface area contributed by atoms with E-state index in [1.165, 1.54) is 0 Å². The van der Waals surface area contributed by atoms with Crippen molar-refractivity contribution < 1.29 is 9.53 Å². The van der Waals surface area contributed by atoms with Gasteiger partial charge < -0.3 is 15.0 Å². The average molecular weight is 333 g/mol. The van der Waals surface area contributed by atoms with E-state index in [4.69, 9.17) is 4.74 Å². The minimum atomic E-state index is -0.262. The molecule has 3 rings (SSSR count). The first kappa shape index (κ1) is 16.5. The van der Waals surface area contributed by atoms with Crippen molar-refractivity contribution in [2.75, 3.05) is 24.4 Å². The molecule has 5 nitrogen and oxygen atoms in total. The summed E-state index contributed by atoms with van der Waals surface area (Å²) in [4.78, 5) is 18.6. The zero-order chi connectivity index (χ0) is 17.6. The summed E-state index contributed by atoms with van der Waals surface area (Å²) >= 11 is 0. The van der Waals surface area contributed by atoms with Crippen molar-refractivity contribution in [3.63, 3.8) is 0 Å². The van der Waals surface area contributed by atoms with Gasteiger partial charge in [-0.05, 0) is 36.4 Å². The molecular weight excluding hydrogens is 314 g/mol. The summed E-state index contributed by atoms with van der Waals surface area (Å²) in [6.07, 6.45) is 1.69. The lowest BCUT2D eigenvalue weighted by Crippen LogP contribution is -2.15. The summed E-state index contributed by atoms with van der Waals surface area (Å²) in [5.41, 5.74) is 2.98. The van der Waals surface area contributed by atoms with Crippen LogP contribution in [0.5, 0.6) is 5.75 Å². The number of nitrogens with zero attached hydrogens (tertiary/aromatic N) is 2. The molecule has 0 radical (unpaired) electrons. The maximum atomic E-state index is 12.3. The molecule has 0 aliphatic heterocycles. The van der Waals surface area contributed by atoms with Crippen molar-refractivity contribution in [2.45, 2.75) is 0 Å². The number of para-hydroxylation sites is 1. The second kappa shape index (κ2) is 7.49. The monoisotopic (exact) mass is 333 g/mol. The molecule has 0 fully saturated rings. The summed E-state index contributed by atoms with van der Waals surface area (Å²) in [7, 11) is 3.55. The van der Waals surface area contributed by atoms with Gasteiger partial charge in [0.15, 0.2) is 0 Å². The number of pyridine rings is 1. The third kappa shape index (κ3) is 3.95. The molecule has 0 spiro atoms. The second-order valence-corrected chi connectivity index (χ2v) is 5.48. The van der Waals surface area contributed by atoms with Crippen LogP contribution >= 0.6 is 0 Å². The highest BCUT2D eigenvalue weighted by Gasteiger charge is 2.10. The molecule has 0 unspecified atom stereocenters. The van der Waals surface area contributed by atoms with E-state index in [1.807, 2.05) is 60.5 Å². The fraction of sp³-hybridized carbons (Fsp3) is 0.100. The first-order valence-corrected chi connectivity index (χ1v) is 7.87. The standard InChI is InChI=1S/C20H19N3O2/c1-23(16-8-4-3-5-9-16)17-11-12-19(21-14-17)20(24)22-15-7-6-10-18(13-15)25-2/h3-14H,1-2H3,(H,22,24). The minimum absolute atomic E-state index is 0.262. The predicted molar refractivity (Wildman–Crippen MR) is 99.7 cm³/mol. The molecule has 126 valence electrons. The minimum Gasteiger partial charge on any atom is -0.497 e. The van der Waals surface area contributed by atoms with Crippen molar-refractivity contribution in [1.29, 1.82) is 0 Å². The number of hydrogen-bond acceptors (Lipinski definition) is 4. The van der Waals surface area contributed by atoms with Gasteiger partial charge in [0.05, 0.1) is 19.0 Å². The second-order valence-electron chi connectivity index (χ2n) is 5.48. The molecule has 1 amide bonds. The zero-order valence-corrected chi connectivity index (χ0v) is 14.1. The fourth-order valence-corrected chi connectivity index (χ4v) is 2.42. The van der Waals surface area contributed by atoms with Gasteiger partial charge >= 0.3 is 0 Å². The molecule has 1 aromatic heterocycles. The van der Waals surface area contributed by atoms with Crippen LogP contribution in [0.15, 0.2) is 72.9 Å². The predicted octanol–water partition coefficient (Wildman–Crippen LogP) is 4.11. The lowest BCUT2D eigenvalue weighted by atomic mass is 10.2. The molecule has 0 saturated heterocycles. The van der Waals surface area contributed by atoms with Crippen LogP contribution in [0.25, 0.3) is 0 Å². The highest BCUT2D eigenvalue weighted by molar-refractivity contribution is 6.03. The molecule has 0 aliphatic rings. The van der Waals surface area contributed by atoms with Crippen LogP contribution in [-0.4, -0.2) is 25.0 Å². The number of ether oxygens (including phenoxy) is 1. The Hall–Kier alpha value is -3.34. The Kier molecular flexibility index (Phi) is 4.95. The van der Waals surface area contributed by atoms with Crippen LogP contribution in [0.3, 0.4) is 0 Å². The zero-order valence-electron chi connectivity index (χ0n) is 14.1. The van der Waals surface area contributed by atoms with Crippen molar-refractivity contribution in [1.82, 2.24) is 4.98 Å². The molecule has 0 atom stereocenters. The van der Waals surface area contributed by atoms with Crippen LogP contribution in [-0.2, 0) is 0 Å². The van der Waals surface area contributed by atoms with Gasteiger partial charge in [-0.25, -0.2) is 4.98 Å². The Bertz CT molecular complexity index is 848. The Morgan fingerprint density at radius 1 is 1.00 bits per heavy atom. The number of benzene rings is 2. The van der Waals surface area contributed by atoms with Crippen molar-refractivity contribution in [2.24, 2.45) is 0 Å². The number of methoxy groups -OCH3 is 1. The van der Waals surface area contributed by atoms with Crippen LogP contribution in [0.4, 0.5) is 17.1 Å². The van der Waals surface area contributed by atoms with Crippen LogP contribution < -0.4 is 15.0 Å². The number of amides is 1. The fourth-order valence-electron chi connectivity index (χ4n) is 2.42. The largest absolute Gasteiger partial charge is 0.497 e. The van der Waals surface area contributed by atoms with Gasteiger partial charge in [-0.15, -0.1) is 0 Å². The Balaban J connectivity index is 1.72. The summed E-state index contributed by atoms with van der Waals surface area (Å²) in [6.45, 7) is 0. The summed E-state index contributed by atoms with van der Waals surface area (Å²) in [5.74, 6) is 0.424. The van der Waals surface area contributed by atoms with Crippen molar-refractivity contribution in [3.8, 4) is 5.75 Å². The number of aromatic nitrogens is 1. The molecule has 0 bridgehead atoms. The van der Waals surface area contributed by atoms with E-state index in [9.17, 15) is 4.79 Å². The van der Waals surface area contributed by atoms with Gasteiger partial charge in [0, 0.05) is 24.5 Å². The Morgan fingerprint density at radius 2 is 1.80 bits per heavy atom. The van der Waals surface area contributed by atoms with Gasteiger partial charge in [0.1, 0.15) is 11.4 Å². The topological polar surface area (TPSA) is 54.5 Å². The number of carbonyl (C=O) groups excluding carboxylic acids is 1. The molecule has 5 heteroatoms. The van der Waals surface area contributed by atoms with E-state index in [1.54, 1.807) is 31.5 Å². The number of hydrogen-bond donors (Lipinski definition) is 1. The molecule has 0 aliphatic carbocycles. The smallest absolute Gasteiger partial charge is 0.274 e. The molecule has 1 N–H and O–H groups in total. The van der Waals surface area contributed by atoms with Gasteiger partial charge in [0.2, 0.25) is 0 Å². The van der Waals surface area contributed by atoms with E-state index in [2.05, 4.69) is 10.3 Å². The highest BCUT2D eigenvalue weighted by Crippen LogP contribution is 2.22. The third-order valence-electron chi connectivity index (χ3n) is 3.84. The van der Waals surface area contributed by atoms with Gasteiger partial charge in [0.25, 0.3) is 5.91 Å². The lowest BCUT2D eigenvalue weighted by Gasteiger charge is -2.19. The summed E-state index contributed by atoms with van der Waals surface area (Å²) < 4.78 is 5.15. The van der Waals surface area contributed by atoms with Crippen LogP contribution in [0.1, 0.15) is 10.5 Å². The molecule has 1 heterocycles. The van der Waals surface area contributed by atoms with Crippen molar-refractivity contribution in [3.05, 3.63) is 78.6 Å². The third-order valence-corrected chi connectivity index (χ3v) is 3.84. The first-order valence-electron chi connectivity index (χ1n) is 7.87. The summed E-state index contributed by atoms with van der Waals surface area (Å²) in [5, 5.41) is 2.82. The Morgan fingerprint density at radius 3 is 2.48 bits per heavy atom. The summed E-state index contributed by atoms with van der Waals surface area (Å²) in [6, 6.07) is 20.8. The molecule has 3 aromatic rings. The van der Waals surface area contributed by atoms with E-state index >= 15 is 0 Å².